The summed E-state index contributed by atoms with van der Waals surface area (Å²) in [5.74, 6) is -8.19. The normalized spacial score (nSPS) is 20.6. The Labute approximate surface area is 200 Å². The predicted octanol–water partition coefficient (Wildman–Crippen LogP) is 2.72. The number of carbonyl (C=O) groups excluding carboxylic acids is 2. The molecule has 188 valence electrons. The van der Waals surface area contributed by atoms with Crippen LogP contribution in [0.2, 0.25) is 0 Å². The second-order valence-corrected chi connectivity index (χ2v) is 7.69. The fraction of sp³-hybridized carbons (Fsp3) is 0.217. The first kappa shape index (κ1) is 24.9. The van der Waals surface area contributed by atoms with Crippen molar-refractivity contribution in [3.8, 4) is 0 Å². The lowest BCUT2D eigenvalue weighted by Gasteiger charge is -2.24. The topological polar surface area (TPSA) is 123 Å². The van der Waals surface area contributed by atoms with Gasteiger partial charge in [0.05, 0.1) is 11.1 Å². The van der Waals surface area contributed by atoms with Crippen molar-refractivity contribution in [1.29, 1.82) is 0 Å². The first-order valence-electron chi connectivity index (χ1n) is 10.3. The average molecular weight is 507 g/mol. The molecule has 2 heterocycles. The fourth-order valence-electron chi connectivity index (χ4n) is 3.51. The summed E-state index contributed by atoms with van der Waals surface area (Å²) in [6, 6.07) is 9.65. The first-order chi connectivity index (χ1) is 17.1. The summed E-state index contributed by atoms with van der Waals surface area (Å²) in [5.41, 5.74) is 3.66. The molecule has 2 N–H and O–H groups in total. The predicted molar refractivity (Wildman–Crippen MR) is 114 cm³/mol. The van der Waals surface area contributed by atoms with Gasteiger partial charge in [-0.1, -0.05) is 12.1 Å². The summed E-state index contributed by atoms with van der Waals surface area (Å²) in [7, 11) is 0. The number of esters is 2. The maximum atomic E-state index is 15.5. The van der Waals surface area contributed by atoms with Gasteiger partial charge < -0.3 is 19.9 Å². The third kappa shape index (κ3) is 5.05. The number of nitrogens with zero attached hydrogens (tertiary/aromatic N) is 2. The molecule has 1 fully saturated rings. The van der Waals surface area contributed by atoms with Crippen molar-refractivity contribution in [3.63, 3.8) is 0 Å². The Kier molecular flexibility index (Phi) is 6.75. The van der Waals surface area contributed by atoms with E-state index in [-0.39, 0.29) is 16.9 Å². The van der Waals surface area contributed by atoms with Crippen LogP contribution in [0.25, 0.3) is 0 Å². The number of aromatic nitrogens is 2. The molecule has 3 aromatic rings. The van der Waals surface area contributed by atoms with Gasteiger partial charge in [-0.2, -0.15) is 13.8 Å². The van der Waals surface area contributed by atoms with Gasteiger partial charge in [0.2, 0.25) is 6.23 Å². The quantitative estimate of drug-likeness (QED) is 0.399. The van der Waals surface area contributed by atoms with Crippen LogP contribution in [0.3, 0.4) is 0 Å². The summed E-state index contributed by atoms with van der Waals surface area (Å²) >= 11 is 0. The van der Waals surface area contributed by atoms with Crippen LogP contribution in [0, 0.1) is 11.6 Å². The van der Waals surface area contributed by atoms with Gasteiger partial charge in [0.15, 0.2) is 6.10 Å². The van der Waals surface area contributed by atoms with E-state index in [1.807, 2.05) is 0 Å². The number of alkyl halides is 2. The number of ether oxygens (including phenoxy) is 3. The van der Waals surface area contributed by atoms with Crippen LogP contribution in [0.15, 0.2) is 65.6 Å². The molecule has 3 atom stereocenters. The van der Waals surface area contributed by atoms with Gasteiger partial charge in [0, 0.05) is 6.20 Å². The Morgan fingerprint density at radius 2 is 1.64 bits per heavy atom. The molecular weight excluding hydrogens is 490 g/mol. The van der Waals surface area contributed by atoms with Crippen LogP contribution < -0.4 is 11.4 Å². The monoisotopic (exact) mass is 507 g/mol. The van der Waals surface area contributed by atoms with Crippen LogP contribution in [-0.2, 0) is 14.2 Å². The second kappa shape index (κ2) is 9.77. The molecule has 2 aromatic carbocycles. The Hall–Kier alpha value is -4.26. The zero-order valence-electron chi connectivity index (χ0n) is 18.1. The van der Waals surface area contributed by atoms with Crippen molar-refractivity contribution in [2.24, 2.45) is 0 Å². The molecule has 0 bridgehead atoms. The van der Waals surface area contributed by atoms with Gasteiger partial charge in [0.1, 0.15) is 30.2 Å². The summed E-state index contributed by atoms with van der Waals surface area (Å²) < 4.78 is 73.5. The number of benzene rings is 2. The molecule has 1 aromatic heterocycles. The fourth-order valence-corrected chi connectivity index (χ4v) is 3.51. The average Bonchev–Trinajstić information content (AvgIpc) is 3.07. The van der Waals surface area contributed by atoms with Gasteiger partial charge in [-0.25, -0.2) is 23.2 Å². The lowest BCUT2D eigenvalue weighted by Crippen LogP contribution is -2.44. The molecule has 4 rings (SSSR count). The number of nitrogens with two attached hydrogens (primary N) is 1. The number of hydrogen-bond donors (Lipinski definition) is 1. The summed E-state index contributed by atoms with van der Waals surface area (Å²) in [6.45, 7) is -0.861. The van der Waals surface area contributed by atoms with E-state index in [1.165, 1.54) is 18.2 Å². The Morgan fingerprint density at radius 3 is 2.22 bits per heavy atom. The van der Waals surface area contributed by atoms with Crippen molar-refractivity contribution in [1.82, 2.24) is 9.55 Å². The highest BCUT2D eigenvalue weighted by atomic mass is 19.3. The van der Waals surface area contributed by atoms with Gasteiger partial charge in [0.25, 0.3) is 0 Å². The molecule has 0 spiro atoms. The molecule has 9 nitrogen and oxygen atoms in total. The Bertz CT molecular complexity index is 1370. The molecule has 1 aliphatic rings. The molecular formula is C23H17F4N3O6. The highest BCUT2D eigenvalue weighted by Crippen LogP contribution is 2.44. The zero-order chi connectivity index (χ0) is 26.0. The van der Waals surface area contributed by atoms with Gasteiger partial charge in [-0.3, -0.25) is 4.57 Å². The van der Waals surface area contributed by atoms with Crippen LogP contribution in [-0.4, -0.2) is 46.2 Å². The molecule has 0 unspecified atom stereocenters. The lowest BCUT2D eigenvalue weighted by atomic mass is 10.1. The molecule has 36 heavy (non-hydrogen) atoms. The lowest BCUT2D eigenvalue weighted by molar-refractivity contribution is -0.142. The van der Waals surface area contributed by atoms with Crippen molar-refractivity contribution in [2.45, 2.75) is 24.4 Å². The van der Waals surface area contributed by atoms with E-state index >= 15 is 8.78 Å². The number of carbonyl (C=O) groups is 2. The Morgan fingerprint density at radius 1 is 1.03 bits per heavy atom. The minimum Gasteiger partial charge on any atom is -0.459 e. The second-order valence-electron chi connectivity index (χ2n) is 7.69. The van der Waals surface area contributed by atoms with Crippen LogP contribution in [0.5, 0.6) is 0 Å². The number of nitrogen functional groups attached to an aromatic ring is 1. The van der Waals surface area contributed by atoms with Crippen LogP contribution in [0.1, 0.15) is 26.9 Å². The third-order valence-corrected chi connectivity index (χ3v) is 5.19. The van der Waals surface area contributed by atoms with Crippen molar-refractivity contribution in [3.05, 3.63) is 94.0 Å². The van der Waals surface area contributed by atoms with Gasteiger partial charge in [-0.05, 0) is 42.5 Å². The summed E-state index contributed by atoms with van der Waals surface area (Å²) in [6.07, 6.45) is -5.55. The van der Waals surface area contributed by atoms with Crippen molar-refractivity contribution in [2.75, 3.05) is 12.3 Å². The van der Waals surface area contributed by atoms with Crippen LogP contribution in [0.4, 0.5) is 23.4 Å². The first-order valence-corrected chi connectivity index (χ1v) is 10.3. The highest BCUT2D eigenvalue weighted by Gasteiger charge is 2.63. The molecule has 0 radical (unpaired) electrons. The van der Waals surface area contributed by atoms with Gasteiger partial charge in [-0.15, -0.1) is 0 Å². The number of anilines is 1. The van der Waals surface area contributed by atoms with Crippen LogP contribution >= 0.6 is 0 Å². The zero-order valence-corrected chi connectivity index (χ0v) is 18.1. The van der Waals surface area contributed by atoms with E-state index in [0.29, 0.717) is 4.57 Å². The number of rotatable bonds is 6. The highest BCUT2D eigenvalue weighted by molar-refractivity contribution is 5.90. The largest absolute Gasteiger partial charge is 0.459 e. The minimum atomic E-state index is -4.04. The standard InChI is InChI=1S/C23H17F4N3O6/c24-14-5-1-3-12(9-14)19(31)34-11-16-18(36-20(32)13-4-2-6-15(25)10-13)23(26,27)21(35-16)30-8-7-17(28)29-22(30)33/h1-10,16,18,21H,11H2,(H2,28,29,33)/t16-,18-,21-/m1/s1. The maximum absolute atomic E-state index is 15.5. The van der Waals surface area contributed by atoms with E-state index in [4.69, 9.17) is 19.9 Å². The Balaban J connectivity index is 1.62. The van der Waals surface area contributed by atoms with E-state index in [0.717, 1.165) is 42.6 Å². The molecule has 13 heteroatoms. The minimum absolute atomic E-state index is 0.205. The molecule has 0 aliphatic carbocycles. The van der Waals surface area contributed by atoms with Gasteiger partial charge >= 0.3 is 23.6 Å². The van der Waals surface area contributed by atoms with E-state index < -0.39 is 60.2 Å². The summed E-state index contributed by atoms with van der Waals surface area (Å²) in [4.78, 5) is 40.4. The molecule has 1 saturated heterocycles. The van der Waals surface area contributed by atoms with Crippen molar-refractivity contribution >= 4 is 17.8 Å². The third-order valence-electron chi connectivity index (χ3n) is 5.19. The van der Waals surface area contributed by atoms with E-state index in [9.17, 15) is 23.2 Å². The van der Waals surface area contributed by atoms with Crippen molar-refractivity contribution < 1.29 is 41.4 Å². The smallest absolute Gasteiger partial charge is 0.351 e. The molecule has 0 amide bonds. The number of hydrogen-bond acceptors (Lipinski definition) is 8. The van der Waals surface area contributed by atoms with E-state index in [2.05, 4.69) is 4.98 Å². The maximum Gasteiger partial charge on any atom is 0.351 e. The SMILES string of the molecule is Nc1ccn([C@@H]2O[C@H](COC(=O)c3cccc(F)c3)[C@@H](OC(=O)c3cccc(F)c3)C2(F)F)c(=O)n1. The summed E-state index contributed by atoms with van der Waals surface area (Å²) in [5, 5.41) is 0. The van der Waals surface area contributed by atoms with E-state index in [1.54, 1.807) is 0 Å². The molecule has 1 aliphatic heterocycles. The molecule has 0 saturated carbocycles. The number of halogens is 4.